The van der Waals surface area contributed by atoms with Crippen LogP contribution in [0.25, 0.3) is 0 Å². The lowest BCUT2D eigenvalue weighted by molar-refractivity contribution is -0.0499. The van der Waals surface area contributed by atoms with Gasteiger partial charge in [-0.15, -0.1) is 0 Å². The summed E-state index contributed by atoms with van der Waals surface area (Å²) < 4.78 is 28.2. The van der Waals surface area contributed by atoms with Crippen LogP contribution in [-0.2, 0) is 12.8 Å². The summed E-state index contributed by atoms with van der Waals surface area (Å²) in [6.45, 7) is -2.73. The van der Waals surface area contributed by atoms with Crippen molar-refractivity contribution in [2.75, 3.05) is 0 Å². The first-order valence-corrected chi connectivity index (χ1v) is 4.82. The molecule has 0 amide bonds. The van der Waals surface area contributed by atoms with Crippen LogP contribution in [0.1, 0.15) is 24.0 Å². The first-order valence-electron chi connectivity index (χ1n) is 4.82. The number of alkyl halides is 2. The number of hydrogen-bond donors (Lipinski definition) is 0. The second-order valence-electron chi connectivity index (χ2n) is 3.52. The Balaban J connectivity index is 2.20. The second-order valence-corrected chi connectivity index (χ2v) is 3.52. The van der Waals surface area contributed by atoms with E-state index in [1.807, 2.05) is 6.07 Å². The highest BCUT2D eigenvalue weighted by Gasteiger charge is 2.11. The lowest BCUT2D eigenvalue weighted by Crippen LogP contribution is -2.05. The Morgan fingerprint density at radius 1 is 1.07 bits per heavy atom. The Morgan fingerprint density at radius 3 is 2.50 bits per heavy atom. The Hall–Kier alpha value is -1.12. The average Bonchev–Trinajstić information content (AvgIpc) is 2.17. The van der Waals surface area contributed by atoms with Gasteiger partial charge < -0.3 is 4.74 Å². The van der Waals surface area contributed by atoms with Crippen molar-refractivity contribution in [1.82, 2.24) is 0 Å². The van der Waals surface area contributed by atoms with Crippen LogP contribution in [0.15, 0.2) is 18.2 Å². The van der Waals surface area contributed by atoms with Crippen molar-refractivity contribution in [3.63, 3.8) is 0 Å². The summed E-state index contributed by atoms with van der Waals surface area (Å²) in [4.78, 5) is 0. The molecule has 0 N–H and O–H groups in total. The van der Waals surface area contributed by atoms with Crippen molar-refractivity contribution in [3.05, 3.63) is 29.3 Å². The van der Waals surface area contributed by atoms with Crippen molar-refractivity contribution >= 4 is 0 Å². The molecule has 0 atom stereocenters. The molecule has 14 heavy (non-hydrogen) atoms. The number of ether oxygens (including phenoxy) is 1. The van der Waals surface area contributed by atoms with Crippen LogP contribution in [0.4, 0.5) is 8.78 Å². The molecule has 0 aromatic heterocycles. The van der Waals surface area contributed by atoms with E-state index in [1.54, 1.807) is 12.1 Å². The van der Waals surface area contributed by atoms with Crippen LogP contribution in [0.5, 0.6) is 5.75 Å². The normalized spacial score (nSPS) is 15.4. The number of benzene rings is 1. The zero-order valence-electron chi connectivity index (χ0n) is 7.80. The van der Waals surface area contributed by atoms with Crippen molar-refractivity contribution in [2.24, 2.45) is 0 Å². The number of rotatable bonds is 2. The van der Waals surface area contributed by atoms with Gasteiger partial charge in [-0.05, 0) is 48.9 Å². The molecular formula is C11H12F2O. The Bertz CT molecular complexity index is 323. The fourth-order valence-electron chi connectivity index (χ4n) is 1.89. The minimum Gasteiger partial charge on any atom is -0.435 e. The van der Waals surface area contributed by atoms with Crippen molar-refractivity contribution in [2.45, 2.75) is 32.3 Å². The summed E-state index contributed by atoms with van der Waals surface area (Å²) >= 11 is 0. The van der Waals surface area contributed by atoms with Gasteiger partial charge in [0, 0.05) is 0 Å². The van der Waals surface area contributed by atoms with Gasteiger partial charge in [0.25, 0.3) is 0 Å². The Morgan fingerprint density at radius 2 is 1.79 bits per heavy atom. The summed E-state index contributed by atoms with van der Waals surface area (Å²) in [5.41, 5.74) is 2.44. The number of aryl methyl sites for hydroxylation is 2. The SMILES string of the molecule is FC(F)Oc1ccc2c(c1)CCCC2. The van der Waals surface area contributed by atoms with E-state index in [9.17, 15) is 8.78 Å². The van der Waals surface area contributed by atoms with Gasteiger partial charge in [-0.2, -0.15) is 8.78 Å². The first-order chi connectivity index (χ1) is 6.75. The zero-order chi connectivity index (χ0) is 9.97. The van der Waals surface area contributed by atoms with E-state index < -0.39 is 6.61 Å². The quantitative estimate of drug-likeness (QED) is 0.709. The molecule has 0 fully saturated rings. The van der Waals surface area contributed by atoms with E-state index in [1.165, 1.54) is 12.0 Å². The highest BCUT2D eigenvalue weighted by molar-refractivity contribution is 5.37. The molecule has 1 aromatic rings. The highest BCUT2D eigenvalue weighted by Crippen LogP contribution is 2.25. The van der Waals surface area contributed by atoms with Gasteiger partial charge in [0.05, 0.1) is 0 Å². The van der Waals surface area contributed by atoms with Crippen LogP contribution < -0.4 is 4.74 Å². The molecule has 0 radical (unpaired) electrons. The smallest absolute Gasteiger partial charge is 0.387 e. The Labute approximate surface area is 81.7 Å². The van der Waals surface area contributed by atoms with Gasteiger partial charge in [0.2, 0.25) is 0 Å². The monoisotopic (exact) mass is 198 g/mol. The molecule has 1 nitrogen and oxygen atoms in total. The van der Waals surface area contributed by atoms with Crippen LogP contribution >= 0.6 is 0 Å². The van der Waals surface area contributed by atoms with E-state index in [0.717, 1.165) is 24.8 Å². The minimum atomic E-state index is -2.73. The maximum Gasteiger partial charge on any atom is 0.387 e. The molecule has 1 aliphatic rings. The predicted molar refractivity (Wildman–Crippen MR) is 49.7 cm³/mol. The van der Waals surface area contributed by atoms with Gasteiger partial charge >= 0.3 is 6.61 Å². The van der Waals surface area contributed by atoms with Crippen molar-refractivity contribution < 1.29 is 13.5 Å². The minimum absolute atomic E-state index is 0.278. The van der Waals surface area contributed by atoms with Crippen LogP contribution in [-0.4, -0.2) is 6.61 Å². The van der Waals surface area contributed by atoms with E-state index in [4.69, 9.17) is 0 Å². The Kier molecular flexibility index (Phi) is 2.66. The van der Waals surface area contributed by atoms with E-state index in [2.05, 4.69) is 4.74 Å². The highest BCUT2D eigenvalue weighted by atomic mass is 19.3. The summed E-state index contributed by atoms with van der Waals surface area (Å²) in [5.74, 6) is 0.278. The van der Waals surface area contributed by atoms with Gasteiger partial charge in [-0.1, -0.05) is 6.07 Å². The molecule has 1 aromatic carbocycles. The van der Waals surface area contributed by atoms with Crippen molar-refractivity contribution in [3.8, 4) is 5.75 Å². The summed E-state index contributed by atoms with van der Waals surface area (Å²) in [7, 11) is 0. The fourth-order valence-corrected chi connectivity index (χ4v) is 1.89. The van der Waals surface area contributed by atoms with Crippen molar-refractivity contribution in [1.29, 1.82) is 0 Å². The molecule has 2 rings (SSSR count). The maximum atomic E-state index is 11.9. The van der Waals surface area contributed by atoms with E-state index in [0.29, 0.717) is 0 Å². The lowest BCUT2D eigenvalue weighted by atomic mass is 9.92. The number of halogens is 2. The molecule has 0 saturated carbocycles. The molecule has 0 saturated heterocycles. The summed E-state index contributed by atoms with van der Waals surface area (Å²) in [5, 5.41) is 0. The third-order valence-electron chi connectivity index (χ3n) is 2.55. The van der Waals surface area contributed by atoms with Gasteiger partial charge in [-0.25, -0.2) is 0 Å². The van der Waals surface area contributed by atoms with Crippen LogP contribution in [0.3, 0.4) is 0 Å². The average molecular weight is 198 g/mol. The maximum absolute atomic E-state index is 11.9. The summed E-state index contributed by atoms with van der Waals surface area (Å²) in [6.07, 6.45) is 4.38. The van der Waals surface area contributed by atoms with Crippen LogP contribution in [0, 0.1) is 0 Å². The lowest BCUT2D eigenvalue weighted by Gasteiger charge is -2.16. The molecule has 0 heterocycles. The predicted octanol–water partition coefficient (Wildman–Crippen LogP) is 3.17. The standard InChI is InChI=1S/C11H12F2O/c12-11(13)14-10-6-5-8-3-1-2-4-9(8)7-10/h5-7,11H,1-4H2. The van der Waals surface area contributed by atoms with Gasteiger partial charge in [-0.3, -0.25) is 0 Å². The third kappa shape index (κ3) is 2.03. The second kappa shape index (κ2) is 3.95. The molecule has 3 heteroatoms. The van der Waals surface area contributed by atoms with E-state index >= 15 is 0 Å². The molecule has 0 spiro atoms. The largest absolute Gasteiger partial charge is 0.435 e. The molecule has 0 bridgehead atoms. The van der Waals surface area contributed by atoms with Gasteiger partial charge in [0.15, 0.2) is 0 Å². The number of fused-ring (bicyclic) bond motifs is 1. The molecular weight excluding hydrogens is 186 g/mol. The molecule has 76 valence electrons. The third-order valence-corrected chi connectivity index (χ3v) is 2.55. The molecule has 0 aliphatic heterocycles. The van der Waals surface area contributed by atoms with E-state index in [-0.39, 0.29) is 5.75 Å². The van der Waals surface area contributed by atoms with Gasteiger partial charge in [0.1, 0.15) is 5.75 Å². The summed E-state index contributed by atoms with van der Waals surface area (Å²) in [6, 6.07) is 5.25. The molecule has 0 unspecified atom stereocenters. The topological polar surface area (TPSA) is 9.23 Å². The van der Waals surface area contributed by atoms with Crippen LogP contribution in [0.2, 0.25) is 0 Å². The number of hydrogen-bond acceptors (Lipinski definition) is 1. The zero-order valence-corrected chi connectivity index (χ0v) is 7.80. The fraction of sp³-hybridized carbons (Fsp3) is 0.455. The molecule has 1 aliphatic carbocycles. The first kappa shape index (κ1) is 9.44.